The first kappa shape index (κ1) is 14.4. The van der Waals surface area contributed by atoms with Crippen molar-refractivity contribution < 1.29 is 9.47 Å². The van der Waals surface area contributed by atoms with Gasteiger partial charge in [-0.15, -0.1) is 0 Å². The van der Waals surface area contributed by atoms with Crippen LogP contribution in [0.3, 0.4) is 0 Å². The molecule has 1 aliphatic heterocycles. The Kier molecular flexibility index (Phi) is 4.46. The van der Waals surface area contributed by atoms with Crippen LogP contribution in [0.15, 0.2) is 46.9 Å². The van der Waals surface area contributed by atoms with E-state index in [0.29, 0.717) is 6.61 Å². The lowest BCUT2D eigenvalue weighted by molar-refractivity contribution is 0.286. The summed E-state index contributed by atoms with van der Waals surface area (Å²) in [6.45, 7) is 1.25. The molecule has 0 fully saturated rings. The van der Waals surface area contributed by atoms with Crippen LogP contribution in [0.1, 0.15) is 11.1 Å². The molecule has 0 amide bonds. The van der Waals surface area contributed by atoms with Gasteiger partial charge < -0.3 is 15.2 Å². The van der Waals surface area contributed by atoms with Crippen LogP contribution in [-0.4, -0.2) is 19.3 Å². The van der Waals surface area contributed by atoms with E-state index in [9.17, 15) is 0 Å². The van der Waals surface area contributed by atoms with Gasteiger partial charge in [0.15, 0.2) is 0 Å². The summed E-state index contributed by atoms with van der Waals surface area (Å²) in [7, 11) is 0. The zero-order valence-electron chi connectivity index (χ0n) is 11.7. The second-order valence-corrected chi connectivity index (χ2v) is 6.16. The van der Waals surface area contributed by atoms with Crippen molar-refractivity contribution in [3.8, 4) is 11.5 Å². The van der Waals surface area contributed by atoms with Gasteiger partial charge in [-0.2, -0.15) is 0 Å². The fourth-order valence-electron chi connectivity index (χ4n) is 2.56. The van der Waals surface area contributed by atoms with E-state index >= 15 is 0 Å². The summed E-state index contributed by atoms with van der Waals surface area (Å²) in [4.78, 5) is 0. The van der Waals surface area contributed by atoms with Crippen molar-refractivity contribution in [2.45, 2.75) is 18.9 Å². The summed E-state index contributed by atoms with van der Waals surface area (Å²) < 4.78 is 12.5. The van der Waals surface area contributed by atoms with Crippen molar-refractivity contribution >= 4 is 15.9 Å². The topological polar surface area (TPSA) is 44.5 Å². The number of fused-ring (bicyclic) bond motifs is 1. The maximum absolute atomic E-state index is 6.20. The van der Waals surface area contributed by atoms with Gasteiger partial charge in [0, 0.05) is 16.9 Å². The van der Waals surface area contributed by atoms with Crippen LogP contribution in [0.25, 0.3) is 0 Å². The molecule has 2 N–H and O–H groups in total. The van der Waals surface area contributed by atoms with E-state index < -0.39 is 0 Å². The van der Waals surface area contributed by atoms with Crippen LogP contribution in [0, 0.1) is 0 Å². The molecule has 4 heteroatoms. The Morgan fingerprint density at radius 2 is 2.05 bits per heavy atom. The third kappa shape index (κ3) is 3.57. The molecule has 21 heavy (non-hydrogen) atoms. The van der Waals surface area contributed by atoms with E-state index in [-0.39, 0.29) is 6.04 Å². The first-order valence-corrected chi connectivity index (χ1v) is 7.89. The number of halogens is 1. The number of rotatable bonds is 5. The number of hydrogen-bond acceptors (Lipinski definition) is 3. The van der Waals surface area contributed by atoms with Crippen molar-refractivity contribution in [1.29, 1.82) is 0 Å². The molecule has 0 radical (unpaired) electrons. The number of nitrogens with two attached hydrogens (primary N) is 1. The maximum atomic E-state index is 6.20. The van der Waals surface area contributed by atoms with E-state index in [1.807, 2.05) is 30.3 Å². The van der Waals surface area contributed by atoms with Crippen LogP contribution >= 0.6 is 15.9 Å². The molecule has 2 aromatic carbocycles. The Labute approximate surface area is 133 Å². The Morgan fingerprint density at radius 1 is 1.24 bits per heavy atom. The van der Waals surface area contributed by atoms with Gasteiger partial charge in [-0.05, 0) is 41.8 Å². The van der Waals surface area contributed by atoms with E-state index in [1.54, 1.807) is 0 Å². The molecule has 0 bridgehead atoms. The average molecular weight is 348 g/mol. The average Bonchev–Trinajstić information content (AvgIpc) is 2.94. The largest absolute Gasteiger partial charge is 0.493 e. The molecule has 0 aliphatic carbocycles. The molecule has 1 heterocycles. The Bertz CT molecular complexity index is 616. The smallest absolute Gasteiger partial charge is 0.125 e. The monoisotopic (exact) mass is 347 g/mol. The van der Waals surface area contributed by atoms with Crippen LogP contribution in [-0.2, 0) is 12.8 Å². The fourth-order valence-corrected chi connectivity index (χ4v) is 3.11. The molecule has 1 atom stereocenters. The summed E-state index contributed by atoms with van der Waals surface area (Å²) in [5.74, 6) is 1.86. The van der Waals surface area contributed by atoms with E-state index in [0.717, 1.165) is 41.0 Å². The second kappa shape index (κ2) is 6.50. The first-order chi connectivity index (χ1) is 10.2. The Balaban J connectivity index is 1.64. The van der Waals surface area contributed by atoms with Crippen LogP contribution in [0.4, 0.5) is 0 Å². The standard InChI is InChI=1S/C17H18BrNO2/c18-14-8-12-6-7-20-17(12)13(9-14)10-15(19)11-21-16-4-2-1-3-5-16/h1-5,8-9,15H,6-7,10-11,19H2. The Hall–Kier alpha value is -1.52. The van der Waals surface area contributed by atoms with E-state index in [4.69, 9.17) is 15.2 Å². The van der Waals surface area contributed by atoms with Crippen LogP contribution < -0.4 is 15.2 Å². The van der Waals surface area contributed by atoms with Gasteiger partial charge in [0.2, 0.25) is 0 Å². The molecule has 1 aliphatic rings. The third-order valence-corrected chi connectivity index (χ3v) is 3.97. The predicted molar refractivity (Wildman–Crippen MR) is 87.0 cm³/mol. The molecule has 1 unspecified atom stereocenters. The quantitative estimate of drug-likeness (QED) is 0.902. The van der Waals surface area contributed by atoms with Gasteiger partial charge in [-0.1, -0.05) is 34.1 Å². The molecule has 0 aromatic heterocycles. The first-order valence-electron chi connectivity index (χ1n) is 7.10. The summed E-state index contributed by atoms with van der Waals surface area (Å²) in [6.07, 6.45) is 1.71. The molecule has 0 saturated heterocycles. The number of para-hydroxylation sites is 1. The highest BCUT2D eigenvalue weighted by Crippen LogP contribution is 2.33. The minimum absolute atomic E-state index is 0.0622. The summed E-state index contributed by atoms with van der Waals surface area (Å²) in [6, 6.07) is 13.9. The molecule has 110 valence electrons. The SMILES string of the molecule is NC(COc1ccccc1)Cc1cc(Br)cc2c1OCC2. The summed E-state index contributed by atoms with van der Waals surface area (Å²) in [5.41, 5.74) is 8.62. The molecule has 0 saturated carbocycles. The number of hydrogen-bond donors (Lipinski definition) is 1. The van der Waals surface area contributed by atoms with Crippen LogP contribution in [0.5, 0.6) is 11.5 Å². The van der Waals surface area contributed by atoms with Gasteiger partial charge >= 0.3 is 0 Å². The zero-order valence-corrected chi connectivity index (χ0v) is 13.3. The molecule has 0 spiro atoms. The molecule has 3 nitrogen and oxygen atoms in total. The minimum Gasteiger partial charge on any atom is -0.493 e. The lowest BCUT2D eigenvalue weighted by atomic mass is 10.0. The van der Waals surface area contributed by atoms with Crippen molar-refractivity contribution in [1.82, 2.24) is 0 Å². The summed E-state index contributed by atoms with van der Waals surface area (Å²) in [5, 5.41) is 0. The number of ether oxygens (including phenoxy) is 2. The molecular weight excluding hydrogens is 330 g/mol. The highest BCUT2D eigenvalue weighted by molar-refractivity contribution is 9.10. The highest BCUT2D eigenvalue weighted by atomic mass is 79.9. The highest BCUT2D eigenvalue weighted by Gasteiger charge is 2.19. The maximum Gasteiger partial charge on any atom is 0.125 e. The van der Waals surface area contributed by atoms with Gasteiger partial charge in [0.25, 0.3) is 0 Å². The van der Waals surface area contributed by atoms with Gasteiger partial charge in [-0.25, -0.2) is 0 Å². The van der Waals surface area contributed by atoms with Gasteiger partial charge in [0.1, 0.15) is 18.1 Å². The molecule has 2 aromatic rings. The van der Waals surface area contributed by atoms with Crippen LogP contribution in [0.2, 0.25) is 0 Å². The van der Waals surface area contributed by atoms with Crippen molar-refractivity contribution in [2.75, 3.05) is 13.2 Å². The summed E-state index contributed by atoms with van der Waals surface area (Å²) >= 11 is 3.55. The minimum atomic E-state index is -0.0622. The second-order valence-electron chi connectivity index (χ2n) is 5.24. The number of benzene rings is 2. The van der Waals surface area contributed by atoms with Crippen molar-refractivity contribution in [3.63, 3.8) is 0 Å². The Morgan fingerprint density at radius 3 is 2.86 bits per heavy atom. The predicted octanol–water partition coefficient (Wildman–Crippen LogP) is 3.33. The van der Waals surface area contributed by atoms with Gasteiger partial charge in [-0.3, -0.25) is 0 Å². The fraction of sp³-hybridized carbons (Fsp3) is 0.294. The van der Waals surface area contributed by atoms with Crippen molar-refractivity contribution in [2.24, 2.45) is 5.73 Å². The molecular formula is C17H18BrNO2. The van der Waals surface area contributed by atoms with E-state index in [2.05, 4.69) is 28.1 Å². The van der Waals surface area contributed by atoms with Crippen molar-refractivity contribution in [3.05, 3.63) is 58.1 Å². The lowest BCUT2D eigenvalue weighted by Crippen LogP contribution is -2.30. The van der Waals surface area contributed by atoms with Gasteiger partial charge in [0.05, 0.1) is 6.61 Å². The van der Waals surface area contributed by atoms with E-state index in [1.165, 1.54) is 5.56 Å². The zero-order chi connectivity index (χ0) is 14.7. The normalized spacial score (nSPS) is 14.4. The lowest BCUT2D eigenvalue weighted by Gasteiger charge is -2.15. The third-order valence-electron chi connectivity index (χ3n) is 3.51. The molecule has 3 rings (SSSR count).